The van der Waals surface area contributed by atoms with Crippen molar-refractivity contribution in [1.82, 2.24) is 5.32 Å². The van der Waals surface area contributed by atoms with Crippen LogP contribution in [0.4, 0.5) is 0 Å². The van der Waals surface area contributed by atoms with Crippen molar-refractivity contribution in [2.75, 3.05) is 12.3 Å². The van der Waals surface area contributed by atoms with Crippen LogP contribution in [0.3, 0.4) is 0 Å². The van der Waals surface area contributed by atoms with E-state index in [2.05, 4.69) is 30.1 Å². The first-order chi connectivity index (χ1) is 10.2. The minimum absolute atomic E-state index is 0.470. The van der Waals surface area contributed by atoms with Crippen LogP contribution < -0.4 is 5.32 Å². The number of hydrogen-bond acceptors (Lipinski definition) is 2. The number of halogens is 2. The summed E-state index contributed by atoms with van der Waals surface area (Å²) in [4.78, 5) is 0. The van der Waals surface area contributed by atoms with Crippen molar-refractivity contribution in [2.45, 2.75) is 56.7 Å². The van der Waals surface area contributed by atoms with Crippen LogP contribution in [0.5, 0.6) is 0 Å². The maximum Gasteiger partial charge on any atom is 0.0624 e. The monoisotopic (exact) mass is 345 g/mol. The molecule has 0 aromatic heterocycles. The van der Waals surface area contributed by atoms with E-state index in [1.54, 1.807) is 0 Å². The van der Waals surface area contributed by atoms with Crippen LogP contribution in [-0.2, 0) is 6.42 Å². The van der Waals surface area contributed by atoms with Crippen molar-refractivity contribution < 1.29 is 0 Å². The second-order valence-corrected chi connectivity index (χ2v) is 7.88. The summed E-state index contributed by atoms with van der Waals surface area (Å²) in [5, 5.41) is 5.82. The number of nitrogens with one attached hydrogen (secondary N) is 1. The topological polar surface area (TPSA) is 12.0 Å². The largest absolute Gasteiger partial charge is 0.313 e. The molecule has 1 nitrogen and oxygen atoms in total. The number of rotatable bonds is 7. The molecule has 21 heavy (non-hydrogen) atoms. The summed E-state index contributed by atoms with van der Waals surface area (Å²) in [6, 6.07) is 6.40. The predicted molar refractivity (Wildman–Crippen MR) is 97.0 cm³/mol. The SMILES string of the molecule is CCNC(CSC1CCCCC1)Cc1cccc(Cl)c1Cl. The van der Waals surface area contributed by atoms with E-state index in [1.807, 2.05) is 12.1 Å². The fourth-order valence-corrected chi connectivity index (χ4v) is 4.74. The molecule has 1 atom stereocenters. The van der Waals surface area contributed by atoms with Gasteiger partial charge in [0.05, 0.1) is 10.0 Å². The zero-order chi connectivity index (χ0) is 15.1. The third-order valence-corrected chi connectivity index (χ3v) is 6.47. The van der Waals surface area contributed by atoms with E-state index in [4.69, 9.17) is 23.2 Å². The lowest BCUT2D eigenvalue weighted by atomic mass is 10.0. The van der Waals surface area contributed by atoms with Crippen LogP contribution in [-0.4, -0.2) is 23.6 Å². The normalized spacial score (nSPS) is 17.9. The Bertz CT molecular complexity index is 433. The first kappa shape index (κ1) is 17.5. The highest BCUT2D eigenvalue weighted by atomic mass is 35.5. The smallest absolute Gasteiger partial charge is 0.0624 e. The van der Waals surface area contributed by atoms with E-state index in [9.17, 15) is 0 Å². The van der Waals surface area contributed by atoms with Gasteiger partial charge in [-0.15, -0.1) is 0 Å². The zero-order valence-electron chi connectivity index (χ0n) is 12.7. The van der Waals surface area contributed by atoms with E-state index in [0.717, 1.165) is 29.5 Å². The van der Waals surface area contributed by atoms with Gasteiger partial charge >= 0.3 is 0 Å². The van der Waals surface area contributed by atoms with Crippen LogP contribution in [0.25, 0.3) is 0 Å². The number of hydrogen-bond donors (Lipinski definition) is 1. The molecule has 2 rings (SSSR count). The van der Waals surface area contributed by atoms with Crippen molar-refractivity contribution in [3.63, 3.8) is 0 Å². The third-order valence-electron chi connectivity index (χ3n) is 4.08. The van der Waals surface area contributed by atoms with E-state index >= 15 is 0 Å². The molecule has 1 aliphatic rings. The van der Waals surface area contributed by atoms with Gasteiger partial charge in [0.2, 0.25) is 0 Å². The fourth-order valence-electron chi connectivity index (χ4n) is 2.93. The van der Waals surface area contributed by atoms with Gasteiger partial charge in [-0.2, -0.15) is 11.8 Å². The van der Waals surface area contributed by atoms with Gasteiger partial charge in [-0.05, 0) is 37.4 Å². The van der Waals surface area contributed by atoms with Gasteiger partial charge in [0.15, 0.2) is 0 Å². The standard InChI is InChI=1S/C17H25Cl2NS/c1-2-20-14(12-21-15-8-4-3-5-9-15)11-13-7-6-10-16(18)17(13)19/h6-7,10,14-15,20H,2-5,8-9,11-12H2,1H3. The lowest BCUT2D eigenvalue weighted by molar-refractivity contribution is 0.513. The Balaban J connectivity index is 1.90. The Morgan fingerprint density at radius 3 is 2.71 bits per heavy atom. The van der Waals surface area contributed by atoms with Crippen LogP contribution in [0.2, 0.25) is 10.0 Å². The second kappa shape index (κ2) is 9.29. The van der Waals surface area contributed by atoms with Gasteiger partial charge in [-0.25, -0.2) is 0 Å². The number of thioether (sulfide) groups is 1. The van der Waals surface area contributed by atoms with Crippen LogP contribution >= 0.6 is 35.0 Å². The minimum Gasteiger partial charge on any atom is -0.313 e. The van der Waals surface area contributed by atoms with Crippen LogP contribution in [0.1, 0.15) is 44.6 Å². The molecule has 1 unspecified atom stereocenters. The molecular weight excluding hydrogens is 321 g/mol. The Hall–Kier alpha value is 0.110. The van der Waals surface area contributed by atoms with Gasteiger partial charge in [0.25, 0.3) is 0 Å². The third kappa shape index (κ3) is 5.67. The molecule has 1 fully saturated rings. The summed E-state index contributed by atoms with van der Waals surface area (Å²) >= 11 is 14.6. The van der Waals surface area contributed by atoms with Gasteiger partial charge in [0, 0.05) is 17.0 Å². The molecular formula is C17H25Cl2NS. The van der Waals surface area contributed by atoms with Crippen LogP contribution in [0.15, 0.2) is 18.2 Å². The molecule has 0 spiro atoms. The molecule has 1 saturated carbocycles. The molecule has 1 aromatic rings. The van der Waals surface area contributed by atoms with E-state index in [-0.39, 0.29) is 0 Å². The molecule has 4 heteroatoms. The Kier molecular flexibility index (Phi) is 7.73. The molecule has 0 saturated heterocycles. The first-order valence-corrected chi connectivity index (χ1v) is 9.79. The molecule has 0 aliphatic heterocycles. The number of likely N-dealkylation sites (N-methyl/N-ethyl adjacent to an activating group) is 1. The maximum absolute atomic E-state index is 6.32. The second-order valence-electron chi connectivity index (χ2n) is 5.77. The highest BCUT2D eigenvalue weighted by Gasteiger charge is 2.17. The van der Waals surface area contributed by atoms with Crippen molar-refractivity contribution in [2.24, 2.45) is 0 Å². The summed E-state index contributed by atoms with van der Waals surface area (Å²) in [5.41, 5.74) is 1.15. The lowest BCUT2D eigenvalue weighted by Crippen LogP contribution is -2.34. The van der Waals surface area contributed by atoms with E-state index in [0.29, 0.717) is 16.1 Å². The first-order valence-electron chi connectivity index (χ1n) is 7.98. The summed E-state index contributed by atoms with van der Waals surface area (Å²) < 4.78 is 0. The van der Waals surface area contributed by atoms with E-state index < -0.39 is 0 Å². The predicted octanol–water partition coefficient (Wildman–Crippen LogP) is 5.58. The maximum atomic E-state index is 6.32. The van der Waals surface area contributed by atoms with Crippen molar-refractivity contribution >= 4 is 35.0 Å². The lowest BCUT2D eigenvalue weighted by Gasteiger charge is -2.24. The average Bonchev–Trinajstić information content (AvgIpc) is 2.50. The molecule has 1 aromatic carbocycles. The molecule has 0 radical (unpaired) electrons. The summed E-state index contributed by atoms with van der Waals surface area (Å²) in [5.74, 6) is 1.15. The summed E-state index contributed by atoms with van der Waals surface area (Å²) in [6.45, 7) is 3.16. The van der Waals surface area contributed by atoms with Gasteiger partial charge < -0.3 is 5.32 Å². The Morgan fingerprint density at radius 2 is 2.00 bits per heavy atom. The van der Waals surface area contributed by atoms with Crippen molar-refractivity contribution in [3.8, 4) is 0 Å². The summed E-state index contributed by atoms with van der Waals surface area (Å²) in [7, 11) is 0. The highest BCUT2D eigenvalue weighted by molar-refractivity contribution is 7.99. The zero-order valence-corrected chi connectivity index (χ0v) is 15.0. The molecule has 1 aliphatic carbocycles. The molecule has 0 bridgehead atoms. The Morgan fingerprint density at radius 1 is 1.24 bits per heavy atom. The molecule has 0 amide bonds. The van der Waals surface area contributed by atoms with Crippen molar-refractivity contribution in [1.29, 1.82) is 0 Å². The van der Waals surface area contributed by atoms with Crippen molar-refractivity contribution in [3.05, 3.63) is 33.8 Å². The van der Waals surface area contributed by atoms with Gasteiger partial charge in [0.1, 0.15) is 0 Å². The van der Waals surface area contributed by atoms with Gasteiger partial charge in [-0.1, -0.05) is 61.5 Å². The highest BCUT2D eigenvalue weighted by Crippen LogP contribution is 2.30. The quantitative estimate of drug-likeness (QED) is 0.692. The number of benzene rings is 1. The molecule has 1 N–H and O–H groups in total. The van der Waals surface area contributed by atoms with Crippen LogP contribution in [0, 0.1) is 0 Å². The molecule has 118 valence electrons. The average molecular weight is 346 g/mol. The minimum atomic E-state index is 0.470. The van der Waals surface area contributed by atoms with E-state index in [1.165, 1.54) is 32.1 Å². The van der Waals surface area contributed by atoms with Gasteiger partial charge in [-0.3, -0.25) is 0 Å². The summed E-state index contributed by atoms with van der Waals surface area (Å²) in [6.07, 6.45) is 7.97. The molecule has 0 heterocycles. The Labute approximate surface area is 143 Å². The fraction of sp³-hybridized carbons (Fsp3) is 0.647.